The van der Waals surface area contributed by atoms with Gasteiger partial charge in [0, 0.05) is 6.08 Å². The molecule has 112 valence electrons. The van der Waals surface area contributed by atoms with Crippen molar-refractivity contribution in [1.82, 2.24) is 15.0 Å². The smallest absolute Gasteiger partial charge is 0.404 e. The number of nitrogen functional groups attached to an aromatic ring is 3. The molecular weight excluding hydrogens is 270 g/mol. The lowest BCUT2D eigenvalue weighted by molar-refractivity contribution is -0.131. The Hall–Kier alpha value is -3.11. The van der Waals surface area contributed by atoms with Gasteiger partial charge >= 0.3 is 12.1 Å². The summed E-state index contributed by atoms with van der Waals surface area (Å²) in [7, 11) is 0. The fourth-order valence-corrected chi connectivity index (χ4v) is 0.569. The van der Waals surface area contributed by atoms with Crippen molar-refractivity contribution in [2.45, 2.75) is 6.92 Å². The number of carboxylic acids is 1. The zero-order chi connectivity index (χ0) is 16.1. The van der Waals surface area contributed by atoms with Crippen molar-refractivity contribution in [2.24, 2.45) is 5.73 Å². The zero-order valence-corrected chi connectivity index (χ0v) is 10.8. The van der Waals surface area contributed by atoms with E-state index in [1.807, 2.05) is 0 Å². The number of amides is 1. The van der Waals surface area contributed by atoms with Gasteiger partial charge in [-0.25, -0.2) is 9.59 Å². The molecule has 0 spiro atoms. The predicted octanol–water partition coefficient (Wildman–Crippen LogP) is -1.02. The molecule has 0 radical (unpaired) electrons. The van der Waals surface area contributed by atoms with Crippen molar-refractivity contribution < 1.29 is 19.4 Å². The monoisotopic (exact) mass is 287 g/mol. The molecule has 9 N–H and O–H groups in total. The number of hydrogen-bond acceptors (Lipinski definition) is 9. The molecule has 11 nitrogen and oxygen atoms in total. The zero-order valence-electron chi connectivity index (χ0n) is 10.8. The quantitative estimate of drug-likeness (QED) is 0.418. The van der Waals surface area contributed by atoms with Crippen LogP contribution in [0.1, 0.15) is 6.92 Å². The van der Waals surface area contributed by atoms with E-state index in [0.29, 0.717) is 6.61 Å². The van der Waals surface area contributed by atoms with Gasteiger partial charge in [-0.05, 0) is 6.92 Å². The van der Waals surface area contributed by atoms with Crippen molar-refractivity contribution in [3.05, 3.63) is 12.7 Å². The van der Waals surface area contributed by atoms with Crippen LogP contribution in [0.4, 0.5) is 22.6 Å². The van der Waals surface area contributed by atoms with Gasteiger partial charge in [0.2, 0.25) is 17.8 Å². The highest BCUT2D eigenvalue weighted by atomic mass is 16.5. The van der Waals surface area contributed by atoms with Gasteiger partial charge in [-0.1, -0.05) is 6.58 Å². The fraction of sp³-hybridized carbons (Fsp3) is 0.222. The molecule has 1 aromatic rings. The van der Waals surface area contributed by atoms with E-state index in [4.69, 9.17) is 22.3 Å². The number of aromatic nitrogens is 3. The minimum absolute atomic E-state index is 0.0417. The lowest BCUT2D eigenvalue weighted by Crippen LogP contribution is -2.11. The van der Waals surface area contributed by atoms with Crippen LogP contribution in [0.15, 0.2) is 12.7 Å². The van der Waals surface area contributed by atoms with E-state index in [1.54, 1.807) is 6.92 Å². The summed E-state index contributed by atoms with van der Waals surface area (Å²) in [5.41, 5.74) is 20.0. The molecule has 0 bridgehead atoms. The second kappa shape index (κ2) is 11.0. The Bertz CT molecular complexity index is 401. The lowest BCUT2D eigenvalue weighted by Gasteiger charge is -1.93. The van der Waals surface area contributed by atoms with E-state index in [0.717, 1.165) is 6.08 Å². The van der Waals surface area contributed by atoms with Gasteiger partial charge in [0.25, 0.3) is 0 Å². The molecule has 20 heavy (non-hydrogen) atoms. The van der Waals surface area contributed by atoms with Crippen LogP contribution in [-0.2, 0) is 9.53 Å². The van der Waals surface area contributed by atoms with E-state index >= 15 is 0 Å². The number of nitrogens with zero attached hydrogens (tertiary/aromatic N) is 3. The molecule has 0 aliphatic rings. The second-order valence-electron chi connectivity index (χ2n) is 2.70. The standard InChI is InChI=1S/C3H6N6.C3H7NO2.C3H4O2/c4-1-7-2(5)9-3(6)8-1;1-2-6-3(4)5;1-2-3(4)5/h(H6,4,5,6,7,8,9);2H2,1H3,(H2,4,5);2H,1H2,(H,4,5). The number of carbonyl (C=O) groups is 2. The molecule has 1 heterocycles. The minimum atomic E-state index is -0.981. The van der Waals surface area contributed by atoms with Crippen LogP contribution in [0.2, 0.25) is 0 Å². The Balaban J connectivity index is 0. The molecule has 0 aliphatic carbocycles. The highest BCUT2D eigenvalue weighted by Crippen LogP contribution is 1.97. The third-order valence-corrected chi connectivity index (χ3v) is 1.15. The van der Waals surface area contributed by atoms with Crippen LogP contribution in [0.25, 0.3) is 0 Å². The number of aliphatic carboxylic acids is 1. The van der Waals surface area contributed by atoms with Crippen LogP contribution < -0.4 is 22.9 Å². The van der Waals surface area contributed by atoms with Gasteiger partial charge in [-0.2, -0.15) is 15.0 Å². The maximum absolute atomic E-state index is 9.60. The average Bonchev–Trinajstić information content (AvgIpc) is 2.28. The van der Waals surface area contributed by atoms with Crippen molar-refractivity contribution in [3.63, 3.8) is 0 Å². The average molecular weight is 287 g/mol. The summed E-state index contributed by atoms with van der Waals surface area (Å²) >= 11 is 0. The van der Waals surface area contributed by atoms with Gasteiger partial charge in [-0.3, -0.25) is 0 Å². The molecule has 1 amide bonds. The van der Waals surface area contributed by atoms with E-state index in [9.17, 15) is 9.59 Å². The van der Waals surface area contributed by atoms with Gasteiger partial charge < -0.3 is 32.8 Å². The molecule has 0 saturated heterocycles. The lowest BCUT2D eigenvalue weighted by atomic mass is 10.7. The van der Waals surface area contributed by atoms with Crippen LogP contribution >= 0.6 is 0 Å². The van der Waals surface area contributed by atoms with E-state index in [1.165, 1.54) is 0 Å². The fourth-order valence-electron chi connectivity index (χ4n) is 0.569. The molecular formula is C9H17N7O4. The van der Waals surface area contributed by atoms with Crippen molar-refractivity contribution in [2.75, 3.05) is 23.8 Å². The highest BCUT2D eigenvalue weighted by Gasteiger charge is 1.93. The van der Waals surface area contributed by atoms with Crippen LogP contribution in [0, 0.1) is 0 Å². The highest BCUT2D eigenvalue weighted by molar-refractivity contribution is 5.78. The van der Waals surface area contributed by atoms with Crippen molar-refractivity contribution in [1.29, 1.82) is 0 Å². The summed E-state index contributed by atoms with van der Waals surface area (Å²) in [4.78, 5) is 29.3. The number of rotatable bonds is 2. The van der Waals surface area contributed by atoms with Gasteiger partial charge in [0.15, 0.2) is 0 Å². The molecule has 0 unspecified atom stereocenters. The van der Waals surface area contributed by atoms with E-state index in [-0.39, 0.29) is 17.8 Å². The SMILES string of the molecule is C=CC(=O)O.CCOC(N)=O.Nc1nc(N)nc(N)n1. The first kappa shape index (κ1) is 19.2. The third-order valence-electron chi connectivity index (χ3n) is 1.15. The molecule has 11 heteroatoms. The van der Waals surface area contributed by atoms with Gasteiger partial charge in [0.05, 0.1) is 6.61 Å². The third kappa shape index (κ3) is 14.9. The van der Waals surface area contributed by atoms with E-state index < -0.39 is 12.1 Å². The number of anilines is 3. The van der Waals surface area contributed by atoms with Gasteiger partial charge in [-0.15, -0.1) is 0 Å². The summed E-state index contributed by atoms with van der Waals surface area (Å²) in [5, 5.41) is 7.60. The Kier molecular flexibility index (Phi) is 10.6. The van der Waals surface area contributed by atoms with Crippen LogP contribution in [0.3, 0.4) is 0 Å². The molecule has 0 saturated carbocycles. The Morgan fingerprint density at radius 3 is 1.60 bits per heavy atom. The molecule has 1 aromatic heterocycles. The summed E-state index contributed by atoms with van der Waals surface area (Å²) < 4.78 is 4.18. The van der Waals surface area contributed by atoms with Crippen LogP contribution in [-0.4, -0.2) is 38.7 Å². The van der Waals surface area contributed by atoms with Crippen molar-refractivity contribution in [3.8, 4) is 0 Å². The number of hydrogen-bond donors (Lipinski definition) is 5. The largest absolute Gasteiger partial charge is 0.478 e. The molecule has 0 aromatic carbocycles. The number of primary amides is 1. The van der Waals surface area contributed by atoms with Gasteiger partial charge in [0.1, 0.15) is 0 Å². The molecule has 1 rings (SSSR count). The molecule has 0 atom stereocenters. The Morgan fingerprint density at radius 2 is 1.50 bits per heavy atom. The summed E-state index contributed by atoms with van der Waals surface area (Å²) in [6.45, 7) is 5.02. The summed E-state index contributed by atoms with van der Waals surface area (Å²) in [5.74, 6) is -0.856. The predicted molar refractivity (Wildman–Crippen MR) is 72.1 cm³/mol. The maximum atomic E-state index is 9.60. The first-order chi connectivity index (χ1) is 9.22. The first-order valence-corrected chi connectivity index (χ1v) is 5.03. The minimum Gasteiger partial charge on any atom is -0.478 e. The summed E-state index contributed by atoms with van der Waals surface area (Å²) in [6, 6.07) is 0. The first-order valence-electron chi connectivity index (χ1n) is 5.03. The number of ether oxygens (including phenoxy) is 1. The number of carbonyl (C=O) groups excluding carboxylic acids is 1. The summed E-state index contributed by atoms with van der Waals surface area (Å²) in [6.07, 6.45) is 0.123. The normalized spacial score (nSPS) is 8.05. The Labute approximate surface area is 114 Å². The Morgan fingerprint density at radius 1 is 1.20 bits per heavy atom. The topological polar surface area (TPSA) is 206 Å². The van der Waals surface area contributed by atoms with Crippen LogP contribution in [0.5, 0.6) is 0 Å². The van der Waals surface area contributed by atoms with Crippen molar-refractivity contribution >= 4 is 29.9 Å². The van der Waals surface area contributed by atoms with E-state index in [2.05, 4.69) is 32.0 Å². The molecule has 0 aliphatic heterocycles. The molecule has 0 fully saturated rings. The maximum Gasteiger partial charge on any atom is 0.404 e. The number of nitrogens with two attached hydrogens (primary N) is 4. The number of carboxylic acid groups (broad SMARTS) is 1. The second-order valence-corrected chi connectivity index (χ2v) is 2.70.